The first-order valence-corrected chi connectivity index (χ1v) is 12.1. The van der Waals surface area contributed by atoms with Crippen LogP contribution >= 0.6 is 0 Å². The highest BCUT2D eigenvalue weighted by Gasteiger charge is 2.11. The van der Waals surface area contributed by atoms with Crippen LogP contribution in [0.15, 0.2) is 12.1 Å². The highest BCUT2D eigenvalue weighted by molar-refractivity contribution is 5.69. The average molecular weight is 405 g/mol. The largest absolute Gasteiger partial charge is 0.507 e. The predicted octanol–water partition coefficient (Wildman–Crippen LogP) is 7.30. The molecule has 0 aromatic heterocycles. The summed E-state index contributed by atoms with van der Waals surface area (Å²) in [5.41, 5.74) is 3.21. The molecule has 0 heterocycles. The second kappa shape index (κ2) is 16.3. The van der Waals surface area contributed by atoms with E-state index < -0.39 is 0 Å². The van der Waals surface area contributed by atoms with Gasteiger partial charge in [-0.05, 0) is 55.2 Å². The molecular weight excluding hydrogens is 360 g/mol. The predicted molar refractivity (Wildman–Crippen MR) is 123 cm³/mol. The van der Waals surface area contributed by atoms with Gasteiger partial charge in [-0.3, -0.25) is 4.79 Å². The van der Waals surface area contributed by atoms with E-state index in [2.05, 4.69) is 32.9 Å². The van der Waals surface area contributed by atoms with Gasteiger partial charge in [-0.25, -0.2) is 0 Å². The van der Waals surface area contributed by atoms with Crippen LogP contribution < -0.4 is 0 Å². The Bertz CT molecular complexity index is 536. The van der Waals surface area contributed by atoms with Crippen molar-refractivity contribution in [3.8, 4) is 5.75 Å². The summed E-state index contributed by atoms with van der Waals surface area (Å²) in [6.07, 6.45) is 15.9. The maximum absolute atomic E-state index is 12.1. The molecule has 29 heavy (non-hydrogen) atoms. The molecule has 1 rings (SSSR count). The molecule has 0 saturated heterocycles. The van der Waals surface area contributed by atoms with Gasteiger partial charge in [0.2, 0.25) is 0 Å². The molecule has 3 heteroatoms. The summed E-state index contributed by atoms with van der Waals surface area (Å²) in [4.78, 5) is 12.1. The van der Waals surface area contributed by atoms with Crippen LogP contribution in [-0.2, 0) is 28.8 Å². The number of phenolic OH excluding ortho intramolecular Hbond substituents is 1. The number of benzene rings is 1. The first-order valence-electron chi connectivity index (χ1n) is 12.1. The van der Waals surface area contributed by atoms with E-state index in [0.29, 0.717) is 25.2 Å². The van der Waals surface area contributed by atoms with Gasteiger partial charge in [0.15, 0.2) is 0 Å². The van der Waals surface area contributed by atoms with Crippen molar-refractivity contribution >= 4 is 5.97 Å². The fourth-order valence-corrected chi connectivity index (χ4v) is 3.66. The number of rotatable bonds is 17. The van der Waals surface area contributed by atoms with E-state index in [0.717, 1.165) is 68.1 Å². The van der Waals surface area contributed by atoms with Gasteiger partial charge in [0.1, 0.15) is 5.75 Å². The molecule has 0 aliphatic carbocycles. The lowest BCUT2D eigenvalue weighted by Crippen LogP contribution is -2.07. The van der Waals surface area contributed by atoms with Crippen LogP contribution in [0.5, 0.6) is 5.75 Å². The Hall–Kier alpha value is -1.51. The van der Waals surface area contributed by atoms with Crippen molar-refractivity contribution in [2.75, 3.05) is 6.61 Å². The van der Waals surface area contributed by atoms with Crippen molar-refractivity contribution in [1.82, 2.24) is 0 Å². The third-order valence-corrected chi connectivity index (χ3v) is 5.56. The summed E-state index contributed by atoms with van der Waals surface area (Å²) >= 11 is 0. The highest BCUT2D eigenvalue weighted by atomic mass is 16.5. The quantitative estimate of drug-likeness (QED) is 0.219. The molecule has 0 aliphatic heterocycles. The molecule has 0 bridgehead atoms. The first-order chi connectivity index (χ1) is 14.1. The topological polar surface area (TPSA) is 46.5 Å². The molecule has 166 valence electrons. The van der Waals surface area contributed by atoms with Gasteiger partial charge in [-0.15, -0.1) is 0 Å². The van der Waals surface area contributed by atoms with E-state index in [1.54, 1.807) is 0 Å². The van der Waals surface area contributed by atoms with Gasteiger partial charge >= 0.3 is 5.97 Å². The van der Waals surface area contributed by atoms with Gasteiger partial charge in [0, 0.05) is 6.42 Å². The third-order valence-electron chi connectivity index (χ3n) is 5.56. The summed E-state index contributed by atoms with van der Waals surface area (Å²) in [6, 6.07) is 4.17. The minimum absolute atomic E-state index is 0.103. The van der Waals surface area contributed by atoms with E-state index in [4.69, 9.17) is 4.74 Å². The van der Waals surface area contributed by atoms with Crippen LogP contribution in [0.1, 0.15) is 115 Å². The van der Waals surface area contributed by atoms with Gasteiger partial charge in [-0.1, -0.05) is 84.3 Å². The molecular formula is C26H44O3. The number of unbranched alkanes of at least 4 members (excludes halogenated alkanes) is 8. The van der Waals surface area contributed by atoms with Crippen molar-refractivity contribution in [1.29, 1.82) is 0 Å². The van der Waals surface area contributed by atoms with Gasteiger partial charge in [0.25, 0.3) is 0 Å². The third kappa shape index (κ3) is 11.3. The van der Waals surface area contributed by atoms with E-state index in [-0.39, 0.29) is 5.97 Å². The molecule has 0 amide bonds. The van der Waals surface area contributed by atoms with Gasteiger partial charge < -0.3 is 9.84 Å². The van der Waals surface area contributed by atoms with E-state index in [1.165, 1.54) is 32.1 Å². The normalized spacial score (nSPS) is 11.0. The number of carbonyl (C=O) groups excluding carboxylic acids is 1. The molecule has 1 N–H and O–H groups in total. The minimum atomic E-state index is -0.103. The van der Waals surface area contributed by atoms with Crippen LogP contribution in [0, 0.1) is 0 Å². The lowest BCUT2D eigenvalue weighted by molar-refractivity contribution is -0.143. The number of phenols is 1. The second-order valence-electron chi connectivity index (χ2n) is 8.31. The highest BCUT2D eigenvalue weighted by Crippen LogP contribution is 2.28. The number of hydrogen-bond acceptors (Lipinski definition) is 3. The molecule has 0 aliphatic rings. The fourth-order valence-electron chi connectivity index (χ4n) is 3.66. The SMILES string of the molecule is CCCCCCCCCOC(=O)CCc1cc(CCCC)c(O)c(CCCC)c1. The molecule has 0 fully saturated rings. The van der Waals surface area contributed by atoms with E-state index in [1.807, 2.05) is 0 Å². The summed E-state index contributed by atoms with van der Waals surface area (Å²) in [5.74, 6) is 0.367. The molecule has 0 unspecified atom stereocenters. The van der Waals surface area contributed by atoms with Crippen LogP contribution in [0.4, 0.5) is 0 Å². The van der Waals surface area contributed by atoms with Crippen molar-refractivity contribution in [2.45, 2.75) is 117 Å². The van der Waals surface area contributed by atoms with Crippen LogP contribution in [0.2, 0.25) is 0 Å². The maximum atomic E-state index is 12.1. The average Bonchev–Trinajstić information content (AvgIpc) is 2.72. The van der Waals surface area contributed by atoms with Crippen molar-refractivity contribution in [3.05, 3.63) is 28.8 Å². The van der Waals surface area contributed by atoms with Gasteiger partial charge in [0.05, 0.1) is 6.61 Å². The second-order valence-corrected chi connectivity index (χ2v) is 8.31. The number of aryl methyl sites for hydroxylation is 3. The standard InChI is InChI=1S/C26H44O3/c1-4-7-10-11-12-13-14-19-29-25(27)18-17-22-20-23(15-8-5-2)26(28)24(21-22)16-9-6-3/h20-21,28H,4-19H2,1-3H3. The van der Waals surface area contributed by atoms with E-state index in [9.17, 15) is 9.90 Å². The van der Waals surface area contributed by atoms with Crippen molar-refractivity contribution in [3.63, 3.8) is 0 Å². The fraction of sp³-hybridized carbons (Fsp3) is 0.731. The lowest BCUT2D eigenvalue weighted by atomic mass is 9.95. The van der Waals surface area contributed by atoms with Crippen LogP contribution in [-0.4, -0.2) is 17.7 Å². The van der Waals surface area contributed by atoms with E-state index >= 15 is 0 Å². The Morgan fingerprint density at radius 3 is 1.83 bits per heavy atom. The lowest BCUT2D eigenvalue weighted by Gasteiger charge is -2.13. The monoisotopic (exact) mass is 404 g/mol. The summed E-state index contributed by atoms with van der Waals surface area (Å²) in [5, 5.41) is 10.6. The smallest absolute Gasteiger partial charge is 0.306 e. The summed E-state index contributed by atoms with van der Waals surface area (Å²) < 4.78 is 5.42. The van der Waals surface area contributed by atoms with Crippen molar-refractivity contribution in [2.24, 2.45) is 0 Å². The Morgan fingerprint density at radius 2 is 1.28 bits per heavy atom. The number of carbonyl (C=O) groups is 1. The minimum Gasteiger partial charge on any atom is -0.507 e. The number of ether oxygens (including phenoxy) is 1. The van der Waals surface area contributed by atoms with Crippen LogP contribution in [0.25, 0.3) is 0 Å². The first kappa shape index (κ1) is 25.5. The molecule has 0 radical (unpaired) electrons. The number of aromatic hydroxyl groups is 1. The maximum Gasteiger partial charge on any atom is 0.306 e. The molecule has 1 aromatic carbocycles. The molecule has 0 atom stereocenters. The summed E-state index contributed by atoms with van der Waals surface area (Å²) in [7, 11) is 0. The molecule has 1 aromatic rings. The Labute approximate surface area is 179 Å². The zero-order valence-corrected chi connectivity index (χ0v) is 19.2. The number of esters is 1. The Balaban J connectivity index is 2.43. The van der Waals surface area contributed by atoms with Gasteiger partial charge in [-0.2, -0.15) is 0 Å². The van der Waals surface area contributed by atoms with Crippen LogP contribution in [0.3, 0.4) is 0 Å². The summed E-state index contributed by atoms with van der Waals surface area (Å²) in [6.45, 7) is 7.11. The number of hydrogen-bond donors (Lipinski definition) is 1. The molecule has 0 spiro atoms. The molecule has 3 nitrogen and oxygen atoms in total. The van der Waals surface area contributed by atoms with Crippen molar-refractivity contribution < 1.29 is 14.6 Å². The zero-order valence-electron chi connectivity index (χ0n) is 19.2. The molecule has 0 saturated carbocycles. The Morgan fingerprint density at radius 1 is 0.759 bits per heavy atom. The zero-order chi connectivity index (χ0) is 21.3. The Kier molecular flexibility index (Phi) is 14.4.